The molecule has 0 spiro atoms. The highest BCUT2D eigenvalue weighted by molar-refractivity contribution is 5.87. The third-order valence-electron chi connectivity index (χ3n) is 5.18. The fourth-order valence-corrected chi connectivity index (χ4v) is 3.43. The Balaban J connectivity index is 1.54. The van der Waals surface area contributed by atoms with E-state index in [0.29, 0.717) is 5.75 Å². The molecule has 182 valence electrons. The van der Waals surface area contributed by atoms with Crippen LogP contribution in [0.4, 0.5) is 0 Å². The molecule has 0 radical (unpaired) electrons. The fraction of sp³-hybridized carbons (Fsp3) is 0.385. The lowest BCUT2D eigenvalue weighted by Crippen LogP contribution is -2.31. The molecule has 0 aliphatic carbocycles. The van der Waals surface area contributed by atoms with Crippen molar-refractivity contribution in [3.05, 3.63) is 66.1 Å². The van der Waals surface area contributed by atoms with Crippen molar-refractivity contribution in [1.82, 2.24) is 0 Å². The van der Waals surface area contributed by atoms with Crippen LogP contribution in [0.1, 0.15) is 45.5 Å². The first-order valence-electron chi connectivity index (χ1n) is 11.1. The molecule has 0 saturated carbocycles. The SMILES string of the molecule is C=C(C)C(=O)O/C=C(/O)COCC(=O)Oc1ccc2cc(C3OC(C)CC(CC)O3)ccc2c1. The molecule has 2 aromatic rings. The molecule has 1 aliphatic rings. The Labute approximate surface area is 198 Å². The van der Waals surface area contributed by atoms with Crippen LogP contribution in [0.2, 0.25) is 0 Å². The van der Waals surface area contributed by atoms with Gasteiger partial charge in [0.25, 0.3) is 0 Å². The zero-order chi connectivity index (χ0) is 24.7. The molecule has 1 fully saturated rings. The van der Waals surface area contributed by atoms with Gasteiger partial charge in [0.2, 0.25) is 0 Å². The van der Waals surface area contributed by atoms with Crippen LogP contribution < -0.4 is 4.74 Å². The van der Waals surface area contributed by atoms with E-state index in [9.17, 15) is 14.7 Å². The summed E-state index contributed by atoms with van der Waals surface area (Å²) >= 11 is 0. The molecule has 0 amide bonds. The molecule has 8 heteroatoms. The lowest BCUT2D eigenvalue weighted by molar-refractivity contribution is -0.243. The molecule has 0 aromatic heterocycles. The van der Waals surface area contributed by atoms with Crippen LogP contribution >= 0.6 is 0 Å². The number of aliphatic hydroxyl groups excluding tert-OH is 1. The molecule has 1 heterocycles. The lowest BCUT2D eigenvalue weighted by Gasteiger charge is -2.34. The number of hydrogen-bond donors (Lipinski definition) is 1. The number of hydrogen-bond acceptors (Lipinski definition) is 8. The number of carbonyl (C=O) groups excluding carboxylic acids is 2. The maximum atomic E-state index is 12.1. The highest BCUT2D eigenvalue weighted by atomic mass is 16.7. The molecule has 3 rings (SSSR count). The predicted molar refractivity (Wildman–Crippen MR) is 125 cm³/mol. The second-order valence-corrected chi connectivity index (χ2v) is 8.21. The Morgan fingerprint density at radius 2 is 1.88 bits per heavy atom. The average Bonchev–Trinajstić information content (AvgIpc) is 2.81. The highest BCUT2D eigenvalue weighted by Crippen LogP contribution is 2.33. The number of fused-ring (bicyclic) bond motifs is 1. The standard InChI is InChI=1S/C26H30O8/c1-5-22-10-17(4)32-26(34-22)20-7-6-19-12-23(9-8-18(19)11-20)33-24(28)15-30-13-21(27)14-31-25(29)16(2)3/h6-9,11-12,14,17,22,26-27H,2,5,10,13,15H2,1,3-4H3/b21-14+. The van der Waals surface area contributed by atoms with Gasteiger partial charge in [-0.3, -0.25) is 0 Å². The summed E-state index contributed by atoms with van der Waals surface area (Å²) in [5.74, 6) is -1.29. The van der Waals surface area contributed by atoms with E-state index in [1.54, 1.807) is 12.1 Å². The van der Waals surface area contributed by atoms with Gasteiger partial charge in [0, 0.05) is 11.1 Å². The molecule has 34 heavy (non-hydrogen) atoms. The average molecular weight is 471 g/mol. The number of ether oxygens (including phenoxy) is 5. The van der Waals surface area contributed by atoms with Crippen molar-refractivity contribution in [3.63, 3.8) is 0 Å². The predicted octanol–water partition coefficient (Wildman–Crippen LogP) is 4.88. The summed E-state index contributed by atoms with van der Waals surface area (Å²) in [6.45, 7) is 8.35. The van der Waals surface area contributed by atoms with E-state index in [2.05, 4.69) is 25.2 Å². The largest absolute Gasteiger partial charge is 0.507 e. The first kappa shape index (κ1) is 25.4. The van der Waals surface area contributed by atoms with E-state index in [-0.39, 0.29) is 30.1 Å². The number of benzene rings is 2. The van der Waals surface area contributed by atoms with Gasteiger partial charge < -0.3 is 28.8 Å². The Morgan fingerprint density at radius 3 is 2.62 bits per heavy atom. The maximum Gasteiger partial charge on any atom is 0.338 e. The van der Waals surface area contributed by atoms with Gasteiger partial charge in [-0.1, -0.05) is 31.7 Å². The first-order chi connectivity index (χ1) is 16.2. The molecular weight excluding hydrogens is 440 g/mol. The summed E-state index contributed by atoms with van der Waals surface area (Å²) in [5.41, 5.74) is 1.13. The van der Waals surface area contributed by atoms with Crippen molar-refractivity contribution in [1.29, 1.82) is 0 Å². The Hall–Kier alpha value is -3.20. The van der Waals surface area contributed by atoms with Crippen LogP contribution in [0.15, 0.2) is 60.6 Å². The quantitative estimate of drug-likeness (QED) is 0.239. The molecule has 3 unspecified atom stereocenters. The molecular formula is C26H30O8. The Morgan fingerprint density at radius 1 is 1.15 bits per heavy atom. The zero-order valence-corrected chi connectivity index (χ0v) is 19.6. The molecule has 2 aromatic carbocycles. The third kappa shape index (κ3) is 7.15. The van der Waals surface area contributed by atoms with E-state index < -0.39 is 24.8 Å². The fourth-order valence-electron chi connectivity index (χ4n) is 3.43. The maximum absolute atomic E-state index is 12.1. The van der Waals surface area contributed by atoms with Crippen molar-refractivity contribution in [2.45, 2.75) is 52.1 Å². The van der Waals surface area contributed by atoms with Crippen molar-refractivity contribution < 1.29 is 38.4 Å². The Bertz CT molecular complexity index is 1070. The van der Waals surface area contributed by atoms with Gasteiger partial charge in [0.1, 0.15) is 25.2 Å². The van der Waals surface area contributed by atoms with Crippen LogP contribution in [0.3, 0.4) is 0 Å². The minimum Gasteiger partial charge on any atom is -0.507 e. The first-order valence-corrected chi connectivity index (χ1v) is 11.1. The summed E-state index contributed by atoms with van der Waals surface area (Å²) < 4.78 is 27.1. The summed E-state index contributed by atoms with van der Waals surface area (Å²) in [5, 5.41) is 11.5. The lowest BCUT2D eigenvalue weighted by atomic mass is 10.0. The molecule has 1 aliphatic heterocycles. The summed E-state index contributed by atoms with van der Waals surface area (Å²) in [6.07, 6.45) is 2.57. The van der Waals surface area contributed by atoms with E-state index in [1.807, 2.05) is 24.3 Å². The van der Waals surface area contributed by atoms with Crippen molar-refractivity contribution in [2.75, 3.05) is 13.2 Å². The van der Waals surface area contributed by atoms with Crippen LogP contribution in [-0.2, 0) is 28.5 Å². The van der Waals surface area contributed by atoms with Crippen LogP contribution in [0, 0.1) is 0 Å². The number of esters is 2. The number of carbonyl (C=O) groups is 2. The van der Waals surface area contributed by atoms with Crippen molar-refractivity contribution in [3.8, 4) is 5.75 Å². The van der Waals surface area contributed by atoms with Gasteiger partial charge in [-0.2, -0.15) is 0 Å². The molecule has 0 bridgehead atoms. The smallest absolute Gasteiger partial charge is 0.338 e. The van der Waals surface area contributed by atoms with Gasteiger partial charge in [-0.15, -0.1) is 0 Å². The highest BCUT2D eigenvalue weighted by Gasteiger charge is 2.27. The molecule has 1 N–H and O–H groups in total. The second kappa shape index (κ2) is 11.8. The van der Waals surface area contributed by atoms with E-state index in [1.165, 1.54) is 6.92 Å². The summed E-state index contributed by atoms with van der Waals surface area (Å²) in [4.78, 5) is 23.3. The topological polar surface area (TPSA) is 101 Å². The van der Waals surface area contributed by atoms with Gasteiger partial charge in [0.15, 0.2) is 12.0 Å². The zero-order valence-electron chi connectivity index (χ0n) is 19.6. The third-order valence-corrected chi connectivity index (χ3v) is 5.18. The van der Waals surface area contributed by atoms with Crippen LogP contribution in [0.5, 0.6) is 5.75 Å². The van der Waals surface area contributed by atoms with Crippen molar-refractivity contribution >= 4 is 22.7 Å². The second-order valence-electron chi connectivity index (χ2n) is 8.21. The normalized spacial score (nSPS) is 20.7. The number of aliphatic hydroxyl groups is 1. The minimum absolute atomic E-state index is 0.132. The molecule has 8 nitrogen and oxygen atoms in total. The Kier molecular flexibility index (Phi) is 8.81. The monoisotopic (exact) mass is 470 g/mol. The van der Waals surface area contributed by atoms with E-state index in [0.717, 1.165) is 35.4 Å². The molecule has 3 atom stereocenters. The van der Waals surface area contributed by atoms with E-state index in [4.69, 9.17) is 18.9 Å². The number of rotatable bonds is 9. The van der Waals surface area contributed by atoms with Crippen molar-refractivity contribution in [2.24, 2.45) is 0 Å². The van der Waals surface area contributed by atoms with Crippen LogP contribution in [-0.4, -0.2) is 42.5 Å². The van der Waals surface area contributed by atoms with Gasteiger partial charge in [-0.25, -0.2) is 9.59 Å². The summed E-state index contributed by atoms with van der Waals surface area (Å²) in [7, 11) is 0. The van der Waals surface area contributed by atoms with Gasteiger partial charge in [0.05, 0.1) is 12.2 Å². The van der Waals surface area contributed by atoms with Crippen LogP contribution in [0.25, 0.3) is 10.8 Å². The van der Waals surface area contributed by atoms with E-state index >= 15 is 0 Å². The minimum atomic E-state index is -0.673. The van der Waals surface area contributed by atoms with Gasteiger partial charge >= 0.3 is 11.9 Å². The van der Waals surface area contributed by atoms with Gasteiger partial charge in [-0.05, 0) is 55.7 Å². The molecule has 1 saturated heterocycles. The summed E-state index contributed by atoms with van der Waals surface area (Å²) in [6, 6.07) is 11.2.